The van der Waals surface area contributed by atoms with Gasteiger partial charge in [-0.1, -0.05) is 0 Å². The van der Waals surface area contributed by atoms with Crippen LogP contribution in [0.1, 0.15) is 20.8 Å². The molecule has 0 unspecified atom stereocenters. The van der Waals surface area contributed by atoms with E-state index in [2.05, 4.69) is 15.4 Å². The monoisotopic (exact) mass is 497 g/mol. The molecule has 0 heterocycles. The summed E-state index contributed by atoms with van der Waals surface area (Å²) in [5.74, 6) is 1.18. The minimum Gasteiger partial charge on any atom is -0.494 e. The van der Waals surface area contributed by atoms with Crippen molar-refractivity contribution >= 4 is 33.2 Å². The molecule has 0 bridgehead atoms. The van der Waals surface area contributed by atoms with Gasteiger partial charge in [0.05, 0.1) is 17.5 Å². The molecule has 3 aromatic rings. The molecule has 3 N–H and O–H groups in total. The smallest absolute Gasteiger partial charge is 0.242 e. The van der Waals surface area contributed by atoms with Crippen LogP contribution in [0.2, 0.25) is 0 Å². The number of amides is 2. The van der Waals surface area contributed by atoms with Gasteiger partial charge in [-0.05, 0) is 86.6 Å². The Morgan fingerprint density at radius 1 is 0.800 bits per heavy atom. The zero-order chi connectivity index (χ0) is 25.4. The van der Waals surface area contributed by atoms with Crippen molar-refractivity contribution < 1.29 is 27.5 Å². The molecule has 0 aliphatic heterocycles. The summed E-state index contributed by atoms with van der Waals surface area (Å²) in [6, 6.07) is 18.5. The number of hydrogen-bond acceptors (Lipinski definition) is 6. The molecular formula is C25H27N3O6S. The van der Waals surface area contributed by atoms with E-state index in [1.54, 1.807) is 36.4 Å². The van der Waals surface area contributed by atoms with Gasteiger partial charge in [-0.3, -0.25) is 9.59 Å². The molecule has 10 heteroatoms. The van der Waals surface area contributed by atoms with Gasteiger partial charge >= 0.3 is 0 Å². The number of anilines is 2. The van der Waals surface area contributed by atoms with Crippen molar-refractivity contribution in [2.45, 2.75) is 31.7 Å². The van der Waals surface area contributed by atoms with Gasteiger partial charge in [0.1, 0.15) is 17.2 Å². The maximum absolute atomic E-state index is 12.6. The number of sulfonamides is 1. The Labute approximate surface area is 204 Å². The van der Waals surface area contributed by atoms with Crippen molar-refractivity contribution in [3.05, 3.63) is 72.8 Å². The Morgan fingerprint density at radius 3 is 1.83 bits per heavy atom. The summed E-state index contributed by atoms with van der Waals surface area (Å²) in [6.45, 7) is 5.30. The molecule has 2 amide bonds. The number of carbonyl (C=O) groups excluding carboxylic acids is 2. The lowest BCUT2D eigenvalue weighted by atomic mass is 10.2. The standard InChI is InChI=1S/C25H27N3O6S/c1-4-33-21-11-13-23(14-12-21)34-22-9-5-20(6-10-22)27-25(30)17(2)28-35(31,32)24-15-7-19(8-16-24)26-18(3)29/h5-17,28H,4H2,1-3H3,(H,26,29)(H,27,30)/t17-/m0/s1. The summed E-state index contributed by atoms with van der Waals surface area (Å²) in [4.78, 5) is 23.6. The summed E-state index contributed by atoms with van der Waals surface area (Å²) in [6.07, 6.45) is 0. The van der Waals surface area contributed by atoms with Gasteiger partial charge in [0, 0.05) is 18.3 Å². The van der Waals surface area contributed by atoms with E-state index in [-0.39, 0.29) is 10.8 Å². The molecule has 0 aromatic heterocycles. The van der Waals surface area contributed by atoms with E-state index in [4.69, 9.17) is 9.47 Å². The Balaban J connectivity index is 1.56. The van der Waals surface area contributed by atoms with Crippen LogP contribution in [0.5, 0.6) is 17.2 Å². The number of hydrogen-bond donors (Lipinski definition) is 3. The van der Waals surface area contributed by atoms with Crippen LogP contribution in [-0.4, -0.2) is 32.9 Å². The second kappa shape index (κ2) is 11.5. The minimum absolute atomic E-state index is 0.0259. The molecule has 9 nitrogen and oxygen atoms in total. The lowest BCUT2D eigenvalue weighted by Crippen LogP contribution is -2.41. The van der Waals surface area contributed by atoms with Gasteiger partial charge in [-0.2, -0.15) is 4.72 Å². The van der Waals surface area contributed by atoms with Crippen LogP contribution < -0.4 is 24.8 Å². The molecule has 0 aliphatic rings. The molecule has 0 saturated carbocycles. The van der Waals surface area contributed by atoms with E-state index in [1.807, 2.05) is 19.1 Å². The maximum atomic E-state index is 12.6. The Kier molecular flexibility index (Phi) is 8.45. The van der Waals surface area contributed by atoms with Gasteiger partial charge < -0.3 is 20.1 Å². The van der Waals surface area contributed by atoms with Gasteiger partial charge in [0.25, 0.3) is 0 Å². The van der Waals surface area contributed by atoms with E-state index < -0.39 is 22.0 Å². The lowest BCUT2D eigenvalue weighted by Gasteiger charge is -2.15. The Hall–Kier alpha value is -3.89. The second-order valence-corrected chi connectivity index (χ2v) is 9.28. The summed E-state index contributed by atoms with van der Waals surface area (Å²) in [5, 5.41) is 5.24. The third-order valence-corrected chi connectivity index (χ3v) is 6.26. The highest BCUT2D eigenvalue weighted by Crippen LogP contribution is 2.25. The maximum Gasteiger partial charge on any atom is 0.242 e. The highest BCUT2D eigenvalue weighted by Gasteiger charge is 2.22. The first kappa shape index (κ1) is 25.7. The Morgan fingerprint density at radius 2 is 1.29 bits per heavy atom. The van der Waals surface area contributed by atoms with Crippen molar-refractivity contribution in [3.63, 3.8) is 0 Å². The predicted molar refractivity (Wildman–Crippen MR) is 133 cm³/mol. The summed E-state index contributed by atoms with van der Waals surface area (Å²) >= 11 is 0. The summed E-state index contributed by atoms with van der Waals surface area (Å²) in [7, 11) is -3.94. The van der Waals surface area contributed by atoms with E-state index in [0.29, 0.717) is 29.5 Å². The molecular weight excluding hydrogens is 470 g/mol. The van der Waals surface area contributed by atoms with Crippen LogP contribution in [0, 0.1) is 0 Å². The van der Waals surface area contributed by atoms with Crippen molar-refractivity contribution in [1.82, 2.24) is 4.72 Å². The molecule has 0 aliphatic carbocycles. The van der Waals surface area contributed by atoms with E-state index in [9.17, 15) is 18.0 Å². The van der Waals surface area contributed by atoms with Crippen LogP contribution in [0.25, 0.3) is 0 Å². The molecule has 3 rings (SSSR count). The first-order valence-electron chi connectivity index (χ1n) is 10.9. The van der Waals surface area contributed by atoms with Gasteiger partial charge in [-0.15, -0.1) is 0 Å². The van der Waals surface area contributed by atoms with Crippen molar-refractivity contribution in [1.29, 1.82) is 0 Å². The first-order chi connectivity index (χ1) is 16.7. The first-order valence-corrected chi connectivity index (χ1v) is 12.4. The fraction of sp³-hybridized carbons (Fsp3) is 0.200. The normalized spacial score (nSPS) is 11.9. The van der Waals surface area contributed by atoms with Crippen molar-refractivity contribution in [2.75, 3.05) is 17.2 Å². The molecule has 184 valence electrons. The lowest BCUT2D eigenvalue weighted by molar-refractivity contribution is -0.117. The largest absolute Gasteiger partial charge is 0.494 e. The van der Waals surface area contributed by atoms with Crippen LogP contribution in [0.15, 0.2) is 77.7 Å². The van der Waals surface area contributed by atoms with Gasteiger partial charge in [0.2, 0.25) is 21.8 Å². The van der Waals surface area contributed by atoms with Crippen LogP contribution >= 0.6 is 0 Å². The quantitative estimate of drug-likeness (QED) is 0.387. The number of carbonyl (C=O) groups is 2. The van der Waals surface area contributed by atoms with Crippen molar-refractivity contribution in [2.24, 2.45) is 0 Å². The molecule has 0 spiro atoms. The van der Waals surface area contributed by atoms with Crippen LogP contribution in [-0.2, 0) is 19.6 Å². The number of benzene rings is 3. The third-order valence-electron chi connectivity index (χ3n) is 4.70. The third kappa shape index (κ3) is 7.56. The fourth-order valence-electron chi connectivity index (χ4n) is 3.04. The summed E-state index contributed by atoms with van der Waals surface area (Å²) in [5.41, 5.74) is 0.956. The van der Waals surface area contributed by atoms with Gasteiger partial charge in [-0.25, -0.2) is 8.42 Å². The Bertz CT molecular complexity index is 1260. The van der Waals surface area contributed by atoms with E-state index >= 15 is 0 Å². The zero-order valence-corrected chi connectivity index (χ0v) is 20.4. The molecule has 1 atom stereocenters. The highest BCUT2D eigenvalue weighted by molar-refractivity contribution is 7.89. The summed E-state index contributed by atoms with van der Waals surface area (Å²) < 4.78 is 38.7. The van der Waals surface area contributed by atoms with E-state index in [0.717, 1.165) is 5.75 Å². The van der Waals surface area contributed by atoms with E-state index in [1.165, 1.54) is 38.1 Å². The highest BCUT2D eigenvalue weighted by atomic mass is 32.2. The average molecular weight is 498 g/mol. The fourth-order valence-corrected chi connectivity index (χ4v) is 4.24. The SMILES string of the molecule is CCOc1ccc(Oc2ccc(NC(=O)[C@H](C)NS(=O)(=O)c3ccc(NC(C)=O)cc3)cc2)cc1. The average Bonchev–Trinajstić information content (AvgIpc) is 2.81. The zero-order valence-electron chi connectivity index (χ0n) is 19.6. The molecule has 35 heavy (non-hydrogen) atoms. The molecule has 3 aromatic carbocycles. The number of ether oxygens (including phenoxy) is 2. The number of nitrogens with one attached hydrogen (secondary N) is 3. The topological polar surface area (TPSA) is 123 Å². The van der Waals surface area contributed by atoms with Crippen molar-refractivity contribution in [3.8, 4) is 17.2 Å². The number of rotatable bonds is 10. The molecule has 0 saturated heterocycles. The predicted octanol–water partition coefficient (Wildman–Crippen LogP) is 4.14. The second-order valence-electron chi connectivity index (χ2n) is 7.57. The van der Waals surface area contributed by atoms with Crippen LogP contribution in [0.3, 0.4) is 0 Å². The molecule has 0 fully saturated rings. The minimum atomic E-state index is -3.94. The van der Waals surface area contributed by atoms with Gasteiger partial charge in [0.15, 0.2) is 0 Å². The van der Waals surface area contributed by atoms with Crippen LogP contribution in [0.4, 0.5) is 11.4 Å². The molecule has 0 radical (unpaired) electrons.